The summed E-state index contributed by atoms with van der Waals surface area (Å²) in [4.78, 5) is 27.8. The van der Waals surface area contributed by atoms with Gasteiger partial charge in [0, 0.05) is 13.1 Å². The molecule has 1 aromatic heterocycles. The Morgan fingerprint density at radius 1 is 1.03 bits per heavy atom. The van der Waals surface area contributed by atoms with Crippen molar-refractivity contribution in [2.45, 2.75) is 39.0 Å². The number of aryl methyl sites for hydroxylation is 2. The highest BCUT2D eigenvalue weighted by Gasteiger charge is 2.31. The number of thioether (sulfide) groups is 1. The predicted molar refractivity (Wildman–Crippen MR) is 150 cm³/mol. The van der Waals surface area contributed by atoms with Gasteiger partial charge in [-0.1, -0.05) is 23.9 Å². The van der Waals surface area contributed by atoms with E-state index in [4.69, 9.17) is 14.5 Å². The summed E-state index contributed by atoms with van der Waals surface area (Å²) < 4.78 is 14.1. The molecule has 1 saturated heterocycles. The molecule has 1 aliphatic rings. The Hall–Kier alpha value is -3.69. The number of hydrogen-bond donors (Lipinski definition) is 2. The van der Waals surface area contributed by atoms with Crippen LogP contribution in [0.5, 0.6) is 23.0 Å². The van der Waals surface area contributed by atoms with Crippen LogP contribution >= 0.6 is 24.2 Å². The molecule has 38 heavy (non-hydrogen) atoms. The molecule has 1 unspecified atom stereocenters. The van der Waals surface area contributed by atoms with Crippen molar-refractivity contribution in [1.29, 1.82) is 0 Å². The van der Waals surface area contributed by atoms with E-state index in [0.29, 0.717) is 29.4 Å². The van der Waals surface area contributed by atoms with Gasteiger partial charge in [-0.2, -0.15) is 0 Å². The van der Waals surface area contributed by atoms with E-state index in [9.17, 15) is 14.7 Å². The Bertz CT molecular complexity index is 1530. The first-order chi connectivity index (χ1) is 17.7. The minimum atomic E-state index is -0.390. The van der Waals surface area contributed by atoms with Gasteiger partial charge in [0.2, 0.25) is 5.91 Å². The first-order valence-corrected chi connectivity index (χ1v) is 12.7. The Morgan fingerprint density at radius 3 is 2.42 bits per heavy atom. The number of phenols is 1. The number of benzene rings is 3. The second-order valence-electron chi connectivity index (χ2n) is 9.15. The molecule has 3 aromatic carbocycles. The van der Waals surface area contributed by atoms with E-state index in [1.807, 2.05) is 80.9 Å². The zero-order valence-corrected chi connectivity index (χ0v) is 23.0. The number of halogens is 1. The number of fused-ring (bicyclic) bond motifs is 1. The van der Waals surface area contributed by atoms with Gasteiger partial charge in [0.05, 0.1) is 16.3 Å². The number of rotatable bonds is 7. The van der Waals surface area contributed by atoms with Crippen LogP contribution in [0, 0.1) is 20.8 Å². The number of aromatic hydroxyl groups is 1. The van der Waals surface area contributed by atoms with E-state index in [1.54, 1.807) is 0 Å². The average molecular weight is 554 g/mol. The molecule has 0 bridgehead atoms. The van der Waals surface area contributed by atoms with Gasteiger partial charge in [0.25, 0.3) is 5.24 Å². The Labute approximate surface area is 230 Å². The lowest BCUT2D eigenvalue weighted by Crippen LogP contribution is -2.25. The molecule has 198 valence electrons. The fraction of sp³-hybridized carbons (Fsp3) is 0.250. The summed E-state index contributed by atoms with van der Waals surface area (Å²) in [6, 6.07) is 15.1. The van der Waals surface area contributed by atoms with Crippen molar-refractivity contribution >= 4 is 46.3 Å². The van der Waals surface area contributed by atoms with Gasteiger partial charge in [-0.05, 0) is 79.8 Å². The van der Waals surface area contributed by atoms with Crippen LogP contribution in [0.15, 0.2) is 48.5 Å². The van der Waals surface area contributed by atoms with Crippen molar-refractivity contribution < 1.29 is 24.2 Å². The number of nitrogens with one attached hydrogen (secondary N) is 1. The lowest BCUT2D eigenvalue weighted by Gasteiger charge is -2.14. The van der Waals surface area contributed by atoms with Crippen molar-refractivity contribution in [2.75, 3.05) is 0 Å². The summed E-state index contributed by atoms with van der Waals surface area (Å²) in [5.41, 5.74) is 5.18. The molecule has 0 spiro atoms. The molecule has 5 rings (SSSR count). The van der Waals surface area contributed by atoms with Gasteiger partial charge in [-0.15, -0.1) is 12.4 Å². The predicted octanol–water partition coefficient (Wildman–Crippen LogP) is 5.89. The van der Waals surface area contributed by atoms with Crippen molar-refractivity contribution in [2.24, 2.45) is 7.05 Å². The zero-order chi connectivity index (χ0) is 26.3. The quantitative estimate of drug-likeness (QED) is 0.294. The molecular weight excluding hydrogens is 526 g/mol. The molecule has 1 fully saturated rings. The number of carbonyl (C=O) groups excluding carboxylic acids is 2. The minimum Gasteiger partial charge on any atom is -0.507 e. The third-order valence-electron chi connectivity index (χ3n) is 6.66. The van der Waals surface area contributed by atoms with Crippen molar-refractivity contribution in [1.82, 2.24) is 14.9 Å². The van der Waals surface area contributed by atoms with Gasteiger partial charge in [0.15, 0.2) is 0 Å². The summed E-state index contributed by atoms with van der Waals surface area (Å²) >= 11 is 1.03. The summed E-state index contributed by atoms with van der Waals surface area (Å²) in [5.74, 6) is 2.90. The van der Waals surface area contributed by atoms with E-state index < -0.39 is 0 Å². The lowest BCUT2D eigenvalue weighted by atomic mass is 10.0. The van der Waals surface area contributed by atoms with Gasteiger partial charge in [-0.25, -0.2) is 4.98 Å². The third-order valence-corrected chi connectivity index (χ3v) is 7.64. The molecule has 1 aliphatic heterocycles. The molecule has 0 radical (unpaired) electrons. The maximum absolute atomic E-state index is 11.8. The van der Waals surface area contributed by atoms with Crippen molar-refractivity contribution in [3.05, 3.63) is 76.6 Å². The fourth-order valence-electron chi connectivity index (χ4n) is 4.29. The van der Waals surface area contributed by atoms with Crippen LogP contribution in [-0.2, 0) is 24.9 Å². The maximum atomic E-state index is 11.8. The summed E-state index contributed by atoms with van der Waals surface area (Å²) in [5, 5.41) is 11.8. The molecule has 10 heteroatoms. The third kappa shape index (κ3) is 5.44. The number of nitrogens with zero attached hydrogens (tertiary/aromatic N) is 2. The summed E-state index contributed by atoms with van der Waals surface area (Å²) in [7, 11) is 1.94. The zero-order valence-electron chi connectivity index (χ0n) is 21.4. The molecule has 4 aromatic rings. The molecule has 2 heterocycles. The fourth-order valence-corrected chi connectivity index (χ4v) is 5.15. The van der Waals surface area contributed by atoms with Crippen LogP contribution in [0.4, 0.5) is 4.79 Å². The van der Waals surface area contributed by atoms with Gasteiger partial charge in [0.1, 0.15) is 35.4 Å². The number of phenolic OH excluding ortho intramolecular Hbond substituents is 1. The standard InChI is InChI=1S/C28H27N3O5S.ClH/c1-15-11-23(16(2)17(3)26(15)32)36-20-9-10-21-22(13-20)31(4)25(29-21)14-35-19-7-5-18(6-8-19)12-24-27(33)30-28(34)37-24;/h5-11,13,24,32H,12,14H2,1-4H3,(H,30,33,34);1H. The van der Waals surface area contributed by atoms with Crippen LogP contribution in [0.1, 0.15) is 28.1 Å². The molecule has 8 nitrogen and oxygen atoms in total. The van der Waals surface area contributed by atoms with E-state index in [-0.39, 0.29) is 35.4 Å². The van der Waals surface area contributed by atoms with Crippen molar-refractivity contribution in [3.8, 4) is 23.0 Å². The topological polar surface area (TPSA) is 103 Å². The molecule has 2 amide bonds. The Balaban J connectivity index is 0.00000336. The van der Waals surface area contributed by atoms with Crippen molar-refractivity contribution in [3.63, 3.8) is 0 Å². The number of aromatic nitrogens is 2. The summed E-state index contributed by atoms with van der Waals surface area (Å²) in [6.45, 7) is 5.95. The summed E-state index contributed by atoms with van der Waals surface area (Å²) in [6.07, 6.45) is 0.487. The van der Waals surface area contributed by atoms with Crippen LogP contribution in [-0.4, -0.2) is 31.1 Å². The first kappa shape index (κ1) is 27.3. The lowest BCUT2D eigenvalue weighted by molar-refractivity contribution is -0.118. The Kier molecular flexibility index (Phi) is 7.89. The number of imidazole rings is 1. The second-order valence-corrected chi connectivity index (χ2v) is 10.3. The molecule has 0 aliphatic carbocycles. The van der Waals surface area contributed by atoms with Gasteiger partial charge >= 0.3 is 0 Å². The number of imide groups is 1. The van der Waals surface area contributed by atoms with Gasteiger partial charge < -0.3 is 19.1 Å². The smallest absolute Gasteiger partial charge is 0.286 e. The number of carbonyl (C=O) groups is 2. The molecular formula is C28H28ClN3O5S. The van der Waals surface area contributed by atoms with E-state index in [2.05, 4.69) is 5.32 Å². The number of amides is 2. The highest BCUT2D eigenvalue weighted by molar-refractivity contribution is 8.15. The number of hydrogen-bond acceptors (Lipinski definition) is 7. The highest BCUT2D eigenvalue weighted by atomic mass is 35.5. The normalized spacial score (nSPS) is 14.9. The number of ether oxygens (including phenoxy) is 2. The highest BCUT2D eigenvalue weighted by Crippen LogP contribution is 2.35. The molecule has 0 saturated carbocycles. The monoisotopic (exact) mass is 553 g/mol. The average Bonchev–Trinajstić information content (AvgIpc) is 3.37. The van der Waals surface area contributed by atoms with Crippen LogP contribution in [0.3, 0.4) is 0 Å². The van der Waals surface area contributed by atoms with E-state index in [1.165, 1.54) is 0 Å². The van der Waals surface area contributed by atoms with Crippen LogP contribution < -0.4 is 14.8 Å². The van der Waals surface area contributed by atoms with E-state index in [0.717, 1.165) is 50.9 Å². The Morgan fingerprint density at radius 2 is 1.74 bits per heavy atom. The van der Waals surface area contributed by atoms with Crippen LogP contribution in [0.25, 0.3) is 11.0 Å². The van der Waals surface area contributed by atoms with Crippen LogP contribution in [0.2, 0.25) is 0 Å². The molecule has 1 atom stereocenters. The SMILES string of the molecule is Cc1cc(Oc2ccc3nc(COc4ccc(CC5SC(=O)NC5=O)cc4)n(C)c3c2)c(C)c(C)c1O.Cl. The molecule has 2 N–H and O–H groups in total. The maximum Gasteiger partial charge on any atom is 0.286 e. The first-order valence-electron chi connectivity index (χ1n) is 11.9. The second kappa shape index (κ2) is 11.0. The van der Waals surface area contributed by atoms with E-state index >= 15 is 0 Å². The minimum absolute atomic E-state index is 0. The van der Waals surface area contributed by atoms with Gasteiger partial charge in [-0.3, -0.25) is 14.9 Å². The largest absolute Gasteiger partial charge is 0.507 e.